The molecule has 0 bridgehead atoms. The van der Waals surface area contributed by atoms with E-state index in [0.29, 0.717) is 17.1 Å². The Labute approximate surface area is 96.9 Å². The van der Waals surface area contributed by atoms with E-state index < -0.39 is 10.8 Å². The number of carbonyl (C=O) groups is 1. The Morgan fingerprint density at radius 1 is 1.38 bits per heavy atom. The second kappa shape index (κ2) is 4.37. The van der Waals surface area contributed by atoms with Gasteiger partial charge in [0.25, 0.3) is 0 Å². The molecule has 0 atom stereocenters. The zero-order valence-electron chi connectivity index (χ0n) is 9.47. The molecule has 0 aromatic carbocycles. The molecule has 0 aliphatic carbocycles. The van der Waals surface area contributed by atoms with Crippen molar-refractivity contribution in [2.45, 2.75) is 6.92 Å². The van der Waals surface area contributed by atoms with Gasteiger partial charge >= 0.3 is 0 Å². The zero-order valence-corrected chi connectivity index (χ0v) is 10.3. The minimum atomic E-state index is -0.703. The van der Waals surface area contributed by atoms with E-state index in [2.05, 4.69) is 10.00 Å². The maximum absolute atomic E-state index is 11.3. The molecule has 1 fully saturated rings. The fourth-order valence-electron chi connectivity index (χ4n) is 2.03. The van der Waals surface area contributed by atoms with Crippen molar-refractivity contribution in [3.05, 3.63) is 11.3 Å². The summed E-state index contributed by atoms with van der Waals surface area (Å²) >= 11 is 0. The maximum Gasteiger partial charge on any atom is 0.155 e. The normalized spacial score (nSPS) is 17.8. The number of hydrogen-bond acceptors (Lipinski definition) is 4. The van der Waals surface area contributed by atoms with E-state index in [1.165, 1.54) is 0 Å². The second-order valence-electron chi connectivity index (χ2n) is 3.90. The summed E-state index contributed by atoms with van der Waals surface area (Å²) in [7, 11) is 1.13. The summed E-state index contributed by atoms with van der Waals surface area (Å²) in [6.07, 6.45) is 0.850. The van der Waals surface area contributed by atoms with E-state index in [1.54, 1.807) is 4.68 Å². The lowest BCUT2D eigenvalue weighted by molar-refractivity contribution is 0.112. The van der Waals surface area contributed by atoms with E-state index in [1.807, 2.05) is 14.0 Å². The standard InChI is InChI=1S/C10H15N3O2S/c1-8-9(7-14)10(12(2)11-8)13-3-5-16(15)6-4-13/h7H,3-6H2,1-2H3. The molecule has 5 nitrogen and oxygen atoms in total. The van der Waals surface area contributed by atoms with E-state index in [9.17, 15) is 9.00 Å². The van der Waals surface area contributed by atoms with Gasteiger partial charge in [0.1, 0.15) is 5.82 Å². The second-order valence-corrected chi connectivity index (χ2v) is 5.60. The average Bonchev–Trinajstić information content (AvgIpc) is 2.54. The molecule has 6 heteroatoms. The van der Waals surface area contributed by atoms with E-state index in [0.717, 1.165) is 30.9 Å². The Hall–Kier alpha value is -1.17. The summed E-state index contributed by atoms with van der Waals surface area (Å²) in [6.45, 7) is 3.29. The van der Waals surface area contributed by atoms with Gasteiger partial charge < -0.3 is 4.90 Å². The van der Waals surface area contributed by atoms with Crippen LogP contribution in [0.25, 0.3) is 0 Å². The van der Waals surface area contributed by atoms with Crippen molar-refractivity contribution in [2.24, 2.45) is 7.05 Å². The molecule has 16 heavy (non-hydrogen) atoms. The molecule has 1 aromatic heterocycles. The van der Waals surface area contributed by atoms with Gasteiger partial charge in [0.05, 0.1) is 11.3 Å². The Kier molecular flexibility index (Phi) is 3.09. The number of aldehydes is 1. The fraction of sp³-hybridized carbons (Fsp3) is 0.600. The van der Waals surface area contributed by atoms with Crippen molar-refractivity contribution in [2.75, 3.05) is 29.5 Å². The molecule has 1 aliphatic rings. The van der Waals surface area contributed by atoms with Gasteiger partial charge in [0, 0.05) is 42.4 Å². The molecule has 0 N–H and O–H groups in total. The van der Waals surface area contributed by atoms with Crippen LogP contribution in [0.15, 0.2) is 0 Å². The van der Waals surface area contributed by atoms with Crippen LogP contribution < -0.4 is 4.90 Å². The highest BCUT2D eigenvalue weighted by Gasteiger charge is 2.22. The predicted molar refractivity (Wildman–Crippen MR) is 63.4 cm³/mol. The van der Waals surface area contributed by atoms with Crippen LogP contribution in [0.4, 0.5) is 5.82 Å². The van der Waals surface area contributed by atoms with Crippen molar-refractivity contribution >= 4 is 22.9 Å². The molecule has 0 unspecified atom stereocenters. The molecule has 0 saturated carbocycles. The van der Waals surface area contributed by atoms with Gasteiger partial charge in [-0.15, -0.1) is 0 Å². The number of hydrogen-bond donors (Lipinski definition) is 0. The van der Waals surface area contributed by atoms with E-state index >= 15 is 0 Å². The summed E-state index contributed by atoms with van der Waals surface area (Å²) in [5, 5.41) is 4.24. The summed E-state index contributed by atoms with van der Waals surface area (Å²) in [4.78, 5) is 13.1. The Balaban J connectivity index is 2.32. The maximum atomic E-state index is 11.3. The highest BCUT2D eigenvalue weighted by molar-refractivity contribution is 7.85. The number of rotatable bonds is 2. The zero-order chi connectivity index (χ0) is 11.7. The van der Waals surface area contributed by atoms with Gasteiger partial charge in [-0.3, -0.25) is 13.7 Å². The smallest absolute Gasteiger partial charge is 0.155 e. The molecule has 2 heterocycles. The van der Waals surface area contributed by atoms with Gasteiger partial charge in [0.2, 0.25) is 0 Å². The monoisotopic (exact) mass is 241 g/mol. The third-order valence-electron chi connectivity index (χ3n) is 2.83. The van der Waals surface area contributed by atoms with Gasteiger partial charge in [0.15, 0.2) is 6.29 Å². The highest BCUT2D eigenvalue weighted by atomic mass is 32.2. The number of anilines is 1. The molecule has 1 aromatic rings. The summed E-state index contributed by atoms with van der Waals surface area (Å²) in [5.74, 6) is 2.19. The van der Waals surface area contributed by atoms with Crippen LogP contribution in [-0.4, -0.2) is 44.9 Å². The molecular formula is C10H15N3O2S. The number of aryl methyl sites for hydroxylation is 2. The first-order valence-electron chi connectivity index (χ1n) is 5.22. The first-order valence-corrected chi connectivity index (χ1v) is 6.71. The molecule has 0 radical (unpaired) electrons. The van der Waals surface area contributed by atoms with Crippen molar-refractivity contribution < 1.29 is 9.00 Å². The van der Waals surface area contributed by atoms with Crippen LogP contribution in [0.5, 0.6) is 0 Å². The Morgan fingerprint density at radius 2 is 2.00 bits per heavy atom. The Morgan fingerprint density at radius 3 is 2.56 bits per heavy atom. The fourth-order valence-corrected chi connectivity index (χ4v) is 3.08. The van der Waals surface area contributed by atoms with E-state index in [-0.39, 0.29) is 0 Å². The SMILES string of the molecule is Cc1nn(C)c(N2CCS(=O)CC2)c1C=O. The number of nitrogens with zero attached hydrogens (tertiary/aromatic N) is 3. The number of aromatic nitrogens is 2. The first-order chi connectivity index (χ1) is 7.63. The third kappa shape index (κ3) is 1.89. The quantitative estimate of drug-likeness (QED) is 0.690. The number of carbonyl (C=O) groups excluding carboxylic acids is 1. The molecule has 1 aliphatic heterocycles. The molecule has 1 saturated heterocycles. The molecule has 88 valence electrons. The first kappa shape index (κ1) is 11.3. The van der Waals surface area contributed by atoms with Crippen molar-refractivity contribution in [1.82, 2.24) is 9.78 Å². The largest absolute Gasteiger partial charge is 0.354 e. The molecule has 2 rings (SSSR count). The van der Waals surface area contributed by atoms with Crippen molar-refractivity contribution in [1.29, 1.82) is 0 Å². The minimum absolute atomic E-state index is 0.648. The highest BCUT2D eigenvalue weighted by Crippen LogP contribution is 2.22. The summed E-state index contributed by atoms with van der Waals surface area (Å²) < 4.78 is 13.0. The molecule has 0 amide bonds. The van der Waals surface area contributed by atoms with Crippen LogP contribution in [0.2, 0.25) is 0 Å². The van der Waals surface area contributed by atoms with Crippen molar-refractivity contribution in [3.63, 3.8) is 0 Å². The van der Waals surface area contributed by atoms with Gasteiger partial charge in [-0.05, 0) is 6.92 Å². The van der Waals surface area contributed by atoms with Gasteiger partial charge in [-0.2, -0.15) is 5.10 Å². The molecule has 0 spiro atoms. The van der Waals surface area contributed by atoms with E-state index in [4.69, 9.17) is 0 Å². The van der Waals surface area contributed by atoms with Gasteiger partial charge in [-0.1, -0.05) is 0 Å². The molecular weight excluding hydrogens is 226 g/mol. The van der Waals surface area contributed by atoms with Crippen LogP contribution in [0.3, 0.4) is 0 Å². The summed E-state index contributed by atoms with van der Waals surface area (Å²) in [6, 6.07) is 0. The minimum Gasteiger partial charge on any atom is -0.354 e. The third-order valence-corrected chi connectivity index (χ3v) is 4.11. The van der Waals surface area contributed by atoms with Crippen molar-refractivity contribution in [3.8, 4) is 0 Å². The topological polar surface area (TPSA) is 55.2 Å². The van der Waals surface area contributed by atoms with Crippen LogP contribution in [0.1, 0.15) is 16.1 Å². The van der Waals surface area contributed by atoms with Gasteiger partial charge in [-0.25, -0.2) is 0 Å². The lowest BCUT2D eigenvalue weighted by Crippen LogP contribution is -2.39. The predicted octanol–water partition coefficient (Wildman–Crippen LogP) is 0.110. The summed E-state index contributed by atoms with van der Waals surface area (Å²) in [5.41, 5.74) is 1.40. The van der Waals surface area contributed by atoms with Crippen LogP contribution in [0, 0.1) is 6.92 Å². The average molecular weight is 241 g/mol. The lowest BCUT2D eigenvalue weighted by atomic mass is 10.2. The Bertz CT molecular complexity index is 432. The van der Waals surface area contributed by atoms with Crippen LogP contribution in [-0.2, 0) is 17.8 Å². The van der Waals surface area contributed by atoms with Crippen LogP contribution >= 0.6 is 0 Å². The lowest BCUT2D eigenvalue weighted by Gasteiger charge is -2.28.